The molecular weight excluding hydrogens is 258 g/mol. The van der Waals surface area contributed by atoms with Gasteiger partial charge in [-0.3, -0.25) is 4.90 Å². The molecule has 0 amide bonds. The van der Waals surface area contributed by atoms with E-state index in [2.05, 4.69) is 15.1 Å². The molecular formula is C14H17N3O3. The molecule has 1 aliphatic rings. The van der Waals surface area contributed by atoms with Crippen LogP contribution in [0.2, 0.25) is 0 Å². The number of hydrogen-bond donors (Lipinski definition) is 0. The van der Waals surface area contributed by atoms with Crippen LogP contribution in [0.4, 0.5) is 0 Å². The molecule has 6 nitrogen and oxygen atoms in total. The fourth-order valence-electron chi connectivity index (χ4n) is 2.12. The Kier molecular flexibility index (Phi) is 3.94. The zero-order valence-electron chi connectivity index (χ0n) is 11.4. The van der Waals surface area contributed by atoms with Crippen LogP contribution in [0, 0.1) is 0 Å². The van der Waals surface area contributed by atoms with Gasteiger partial charge in [0.05, 0.1) is 26.9 Å². The summed E-state index contributed by atoms with van der Waals surface area (Å²) >= 11 is 0. The first-order valence-corrected chi connectivity index (χ1v) is 6.62. The van der Waals surface area contributed by atoms with E-state index in [-0.39, 0.29) is 0 Å². The van der Waals surface area contributed by atoms with Crippen LogP contribution in [0.25, 0.3) is 11.5 Å². The maximum atomic E-state index is 5.70. The first-order valence-electron chi connectivity index (χ1n) is 6.62. The molecule has 1 saturated heterocycles. The lowest BCUT2D eigenvalue weighted by atomic mass is 10.2. The van der Waals surface area contributed by atoms with Gasteiger partial charge in [-0.25, -0.2) is 0 Å². The molecule has 1 fully saturated rings. The Morgan fingerprint density at radius 3 is 2.60 bits per heavy atom. The van der Waals surface area contributed by atoms with Crippen LogP contribution in [-0.2, 0) is 11.3 Å². The van der Waals surface area contributed by atoms with Crippen LogP contribution in [0.1, 0.15) is 5.89 Å². The normalized spacial score (nSPS) is 16.2. The van der Waals surface area contributed by atoms with Gasteiger partial charge in [0.2, 0.25) is 11.8 Å². The number of nitrogens with zero attached hydrogens (tertiary/aromatic N) is 3. The second kappa shape index (κ2) is 6.02. The van der Waals surface area contributed by atoms with E-state index < -0.39 is 0 Å². The van der Waals surface area contributed by atoms with Gasteiger partial charge in [0.15, 0.2) is 0 Å². The topological polar surface area (TPSA) is 60.6 Å². The molecule has 2 aromatic rings. The summed E-state index contributed by atoms with van der Waals surface area (Å²) in [6.07, 6.45) is 0. The Labute approximate surface area is 117 Å². The standard InChI is InChI=1S/C14H17N3O3/c1-18-12-4-2-11(3-5-12)14-16-15-13(20-14)10-17-6-8-19-9-7-17/h2-5H,6-10H2,1H3. The molecule has 0 aliphatic carbocycles. The molecule has 20 heavy (non-hydrogen) atoms. The molecule has 3 rings (SSSR count). The second-order valence-electron chi connectivity index (χ2n) is 4.62. The van der Waals surface area contributed by atoms with Gasteiger partial charge in [-0.15, -0.1) is 10.2 Å². The van der Waals surface area contributed by atoms with Crippen LogP contribution >= 0.6 is 0 Å². The Morgan fingerprint density at radius 2 is 1.90 bits per heavy atom. The van der Waals surface area contributed by atoms with E-state index in [0.29, 0.717) is 18.3 Å². The first kappa shape index (κ1) is 13.1. The number of hydrogen-bond acceptors (Lipinski definition) is 6. The van der Waals surface area contributed by atoms with Crippen molar-refractivity contribution >= 4 is 0 Å². The number of benzene rings is 1. The quantitative estimate of drug-likeness (QED) is 0.844. The van der Waals surface area contributed by atoms with E-state index in [1.165, 1.54) is 0 Å². The van der Waals surface area contributed by atoms with E-state index >= 15 is 0 Å². The van der Waals surface area contributed by atoms with Gasteiger partial charge in [-0.1, -0.05) is 0 Å². The van der Waals surface area contributed by atoms with Gasteiger partial charge in [-0.05, 0) is 24.3 Å². The fourth-order valence-corrected chi connectivity index (χ4v) is 2.12. The van der Waals surface area contributed by atoms with Crippen molar-refractivity contribution in [2.75, 3.05) is 33.4 Å². The van der Waals surface area contributed by atoms with E-state index in [4.69, 9.17) is 13.9 Å². The third-order valence-corrected chi connectivity index (χ3v) is 3.27. The Morgan fingerprint density at radius 1 is 1.15 bits per heavy atom. The minimum Gasteiger partial charge on any atom is -0.497 e. The molecule has 1 aromatic carbocycles. The molecule has 1 aromatic heterocycles. The maximum Gasteiger partial charge on any atom is 0.247 e. The van der Waals surface area contributed by atoms with Crippen molar-refractivity contribution < 1.29 is 13.9 Å². The third kappa shape index (κ3) is 2.97. The lowest BCUT2D eigenvalue weighted by molar-refractivity contribution is 0.0306. The second-order valence-corrected chi connectivity index (χ2v) is 4.62. The Balaban J connectivity index is 1.68. The summed E-state index contributed by atoms with van der Waals surface area (Å²) in [5.74, 6) is 1.98. The Hall–Kier alpha value is -1.92. The molecule has 1 aliphatic heterocycles. The molecule has 0 N–H and O–H groups in total. The van der Waals surface area contributed by atoms with Gasteiger partial charge < -0.3 is 13.9 Å². The highest BCUT2D eigenvalue weighted by molar-refractivity contribution is 5.53. The smallest absolute Gasteiger partial charge is 0.247 e. The van der Waals surface area contributed by atoms with Crippen LogP contribution in [0.3, 0.4) is 0 Å². The molecule has 6 heteroatoms. The van der Waals surface area contributed by atoms with Crippen molar-refractivity contribution in [2.45, 2.75) is 6.54 Å². The van der Waals surface area contributed by atoms with Crippen molar-refractivity contribution in [3.05, 3.63) is 30.2 Å². The summed E-state index contributed by atoms with van der Waals surface area (Å²) in [5, 5.41) is 8.19. The van der Waals surface area contributed by atoms with Gasteiger partial charge in [0, 0.05) is 18.7 Å². The van der Waals surface area contributed by atoms with Gasteiger partial charge in [0.25, 0.3) is 0 Å². The predicted octanol–water partition coefficient (Wildman–Crippen LogP) is 1.58. The van der Waals surface area contributed by atoms with Crippen molar-refractivity contribution in [2.24, 2.45) is 0 Å². The summed E-state index contributed by atoms with van der Waals surface area (Å²) in [7, 11) is 1.64. The van der Waals surface area contributed by atoms with Gasteiger partial charge in [0.1, 0.15) is 5.75 Å². The summed E-state index contributed by atoms with van der Waals surface area (Å²) in [4.78, 5) is 2.24. The molecule has 0 radical (unpaired) electrons. The minimum atomic E-state index is 0.538. The predicted molar refractivity (Wildman–Crippen MR) is 72.4 cm³/mol. The Bertz CT molecular complexity index is 547. The third-order valence-electron chi connectivity index (χ3n) is 3.27. The molecule has 0 unspecified atom stereocenters. The average molecular weight is 275 g/mol. The number of ether oxygens (including phenoxy) is 2. The lowest BCUT2D eigenvalue weighted by Crippen LogP contribution is -2.35. The maximum absolute atomic E-state index is 5.70. The minimum absolute atomic E-state index is 0.538. The van der Waals surface area contributed by atoms with Crippen molar-refractivity contribution in [1.82, 2.24) is 15.1 Å². The van der Waals surface area contributed by atoms with Gasteiger partial charge >= 0.3 is 0 Å². The van der Waals surface area contributed by atoms with Crippen LogP contribution in [0.5, 0.6) is 5.75 Å². The van der Waals surface area contributed by atoms with E-state index in [1.807, 2.05) is 24.3 Å². The van der Waals surface area contributed by atoms with Crippen LogP contribution in [0.15, 0.2) is 28.7 Å². The lowest BCUT2D eigenvalue weighted by Gasteiger charge is -2.24. The highest BCUT2D eigenvalue weighted by Gasteiger charge is 2.15. The largest absolute Gasteiger partial charge is 0.497 e. The van der Waals surface area contributed by atoms with Crippen LogP contribution in [-0.4, -0.2) is 48.5 Å². The molecule has 0 atom stereocenters. The summed E-state index contributed by atoms with van der Waals surface area (Å²) < 4.78 is 16.1. The van der Waals surface area contributed by atoms with E-state index in [1.54, 1.807) is 7.11 Å². The van der Waals surface area contributed by atoms with Crippen molar-refractivity contribution in [1.29, 1.82) is 0 Å². The SMILES string of the molecule is COc1ccc(-c2nnc(CN3CCOCC3)o2)cc1. The molecule has 2 heterocycles. The number of aromatic nitrogens is 2. The first-order chi connectivity index (χ1) is 9.85. The average Bonchev–Trinajstić information content (AvgIpc) is 2.97. The fraction of sp³-hybridized carbons (Fsp3) is 0.429. The summed E-state index contributed by atoms with van der Waals surface area (Å²) in [5.41, 5.74) is 0.895. The van der Waals surface area contributed by atoms with Gasteiger partial charge in [-0.2, -0.15) is 0 Å². The molecule has 0 bridgehead atoms. The summed E-state index contributed by atoms with van der Waals surface area (Å²) in [6, 6.07) is 7.57. The highest BCUT2D eigenvalue weighted by atomic mass is 16.5. The molecule has 0 saturated carbocycles. The monoisotopic (exact) mass is 275 g/mol. The number of rotatable bonds is 4. The van der Waals surface area contributed by atoms with Crippen molar-refractivity contribution in [3.63, 3.8) is 0 Å². The molecule has 0 spiro atoms. The highest BCUT2D eigenvalue weighted by Crippen LogP contribution is 2.21. The van der Waals surface area contributed by atoms with E-state index in [0.717, 1.165) is 37.6 Å². The van der Waals surface area contributed by atoms with Crippen molar-refractivity contribution in [3.8, 4) is 17.2 Å². The number of morpholine rings is 1. The van der Waals surface area contributed by atoms with Crippen LogP contribution < -0.4 is 4.74 Å². The molecule has 106 valence electrons. The zero-order chi connectivity index (χ0) is 13.8. The van der Waals surface area contributed by atoms with E-state index in [9.17, 15) is 0 Å². The zero-order valence-corrected chi connectivity index (χ0v) is 11.4. The number of methoxy groups -OCH3 is 1. The summed E-state index contributed by atoms with van der Waals surface area (Å²) in [6.45, 7) is 4.01.